The highest BCUT2D eigenvalue weighted by Crippen LogP contribution is 2.43. The summed E-state index contributed by atoms with van der Waals surface area (Å²) in [6.07, 6.45) is 0.953. The SMILES string of the molecule is CCc1ccc(C2c3c(-c4ccc(C)cc4)n[nH]c3C(=O)N2Cc2ccc(F)cc2)cc1. The van der Waals surface area contributed by atoms with E-state index in [0.29, 0.717) is 12.2 Å². The van der Waals surface area contributed by atoms with E-state index < -0.39 is 0 Å². The van der Waals surface area contributed by atoms with Crippen LogP contribution in [0, 0.1) is 12.7 Å². The van der Waals surface area contributed by atoms with Crippen LogP contribution in [-0.4, -0.2) is 21.0 Å². The minimum Gasteiger partial charge on any atom is -0.322 e. The van der Waals surface area contributed by atoms with Gasteiger partial charge in [-0.15, -0.1) is 0 Å². The smallest absolute Gasteiger partial charge is 0.273 e. The molecule has 5 rings (SSSR count). The van der Waals surface area contributed by atoms with E-state index >= 15 is 0 Å². The molecule has 1 N–H and O–H groups in total. The first-order valence-corrected chi connectivity index (χ1v) is 10.8. The Morgan fingerprint density at radius 3 is 2.25 bits per heavy atom. The number of nitrogens with zero attached hydrogens (tertiary/aromatic N) is 2. The molecular weight excluding hydrogens is 401 g/mol. The van der Waals surface area contributed by atoms with Crippen molar-refractivity contribution in [1.82, 2.24) is 15.1 Å². The number of benzene rings is 3. The lowest BCUT2D eigenvalue weighted by Gasteiger charge is -2.26. The van der Waals surface area contributed by atoms with Gasteiger partial charge in [-0.1, -0.05) is 73.2 Å². The number of nitrogens with one attached hydrogen (secondary N) is 1. The summed E-state index contributed by atoms with van der Waals surface area (Å²) in [4.78, 5) is 15.3. The molecule has 1 aliphatic rings. The molecule has 0 saturated heterocycles. The monoisotopic (exact) mass is 425 g/mol. The number of aryl methyl sites for hydroxylation is 2. The van der Waals surface area contributed by atoms with Gasteiger partial charge >= 0.3 is 0 Å². The Bertz CT molecular complexity index is 1260. The Morgan fingerprint density at radius 1 is 0.938 bits per heavy atom. The van der Waals surface area contributed by atoms with Crippen molar-refractivity contribution in [1.29, 1.82) is 0 Å². The molecule has 0 radical (unpaired) electrons. The van der Waals surface area contributed by atoms with Crippen LogP contribution in [-0.2, 0) is 13.0 Å². The van der Waals surface area contributed by atoms with Crippen molar-refractivity contribution >= 4 is 5.91 Å². The Morgan fingerprint density at radius 2 is 1.59 bits per heavy atom. The van der Waals surface area contributed by atoms with Gasteiger partial charge in [-0.05, 0) is 42.2 Å². The van der Waals surface area contributed by atoms with Crippen LogP contribution in [0.3, 0.4) is 0 Å². The van der Waals surface area contributed by atoms with E-state index in [1.54, 1.807) is 12.1 Å². The molecular formula is C27H24FN3O. The highest BCUT2D eigenvalue weighted by Gasteiger charge is 2.42. The Kier molecular flexibility index (Phi) is 5.10. The van der Waals surface area contributed by atoms with Gasteiger partial charge in [-0.2, -0.15) is 5.10 Å². The summed E-state index contributed by atoms with van der Waals surface area (Å²) in [5.74, 6) is -0.385. The zero-order valence-corrected chi connectivity index (χ0v) is 18.1. The molecule has 32 heavy (non-hydrogen) atoms. The first kappa shape index (κ1) is 20.2. The number of hydrogen-bond donors (Lipinski definition) is 1. The molecule has 1 aliphatic heterocycles. The van der Waals surface area contributed by atoms with Crippen LogP contribution < -0.4 is 0 Å². The molecule has 0 aliphatic carbocycles. The van der Waals surface area contributed by atoms with E-state index in [1.807, 2.05) is 24.0 Å². The number of amides is 1. The summed E-state index contributed by atoms with van der Waals surface area (Å²) < 4.78 is 13.4. The van der Waals surface area contributed by atoms with Crippen LogP contribution in [0.25, 0.3) is 11.3 Å². The molecule has 4 aromatic rings. The Labute approximate surface area is 186 Å². The van der Waals surface area contributed by atoms with Gasteiger partial charge in [0.05, 0.1) is 11.7 Å². The van der Waals surface area contributed by atoms with E-state index in [0.717, 1.165) is 34.4 Å². The van der Waals surface area contributed by atoms with Crippen LogP contribution in [0.5, 0.6) is 0 Å². The largest absolute Gasteiger partial charge is 0.322 e. The van der Waals surface area contributed by atoms with E-state index in [-0.39, 0.29) is 17.8 Å². The lowest BCUT2D eigenvalue weighted by molar-refractivity contribution is 0.0730. The first-order chi connectivity index (χ1) is 15.5. The number of hydrogen-bond acceptors (Lipinski definition) is 2. The molecule has 1 aromatic heterocycles. The van der Waals surface area contributed by atoms with Crippen molar-refractivity contribution in [2.75, 3.05) is 0 Å². The summed E-state index contributed by atoms with van der Waals surface area (Å²) in [6, 6.07) is 22.6. The minimum atomic E-state index is -0.288. The van der Waals surface area contributed by atoms with Crippen LogP contribution in [0.4, 0.5) is 4.39 Å². The average molecular weight is 426 g/mol. The summed E-state index contributed by atoms with van der Waals surface area (Å²) >= 11 is 0. The fraction of sp³-hybridized carbons (Fsp3) is 0.185. The zero-order valence-electron chi connectivity index (χ0n) is 18.1. The maximum Gasteiger partial charge on any atom is 0.273 e. The van der Waals surface area contributed by atoms with Crippen LogP contribution in [0.1, 0.15) is 51.3 Å². The molecule has 0 fully saturated rings. The van der Waals surface area contributed by atoms with Crippen molar-refractivity contribution < 1.29 is 9.18 Å². The highest BCUT2D eigenvalue weighted by molar-refractivity contribution is 6.00. The molecule has 0 bridgehead atoms. The molecule has 2 heterocycles. The third-order valence-corrected chi connectivity index (χ3v) is 6.16. The lowest BCUT2D eigenvalue weighted by atomic mass is 9.94. The summed E-state index contributed by atoms with van der Waals surface area (Å²) in [5.41, 5.74) is 7.50. The number of aromatic nitrogens is 2. The van der Waals surface area contributed by atoms with Crippen molar-refractivity contribution in [3.8, 4) is 11.3 Å². The van der Waals surface area contributed by atoms with Crippen LogP contribution in [0.15, 0.2) is 72.8 Å². The zero-order chi connectivity index (χ0) is 22.2. The molecule has 1 atom stereocenters. The maximum absolute atomic E-state index is 13.5. The normalized spacial score (nSPS) is 15.3. The quantitative estimate of drug-likeness (QED) is 0.437. The third kappa shape index (κ3) is 3.50. The predicted molar refractivity (Wildman–Crippen MR) is 123 cm³/mol. The molecule has 3 aromatic carbocycles. The van der Waals surface area contributed by atoms with Gasteiger partial charge in [0.15, 0.2) is 0 Å². The van der Waals surface area contributed by atoms with Gasteiger partial charge in [0.1, 0.15) is 11.5 Å². The van der Waals surface area contributed by atoms with Gasteiger partial charge in [-0.25, -0.2) is 4.39 Å². The predicted octanol–water partition coefficient (Wildman–Crippen LogP) is 5.83. The minimum absolute atomic E-state index is 0.0974. The second-order valence-corrected chi connectivity index (χ2v) is 8.28. The number of rotatable bonds is 5. The highest BCUT2D eigenvalue weighted by atomic mass is 19.1. The number of carbonyl (C=O) groups excluding carboxylic acids is 1. The average Bonchev–Trinajstić information content (AvgIpc) is 3.35. The van der Waals surface area contributed by atoms with E-state index in [4.69, 9.17) is 0 Å². The van der Waals surface area contributed by atoms with Crippen molar-refractivity contribution in [2.24, 2.45) is 0 Å². The van der Waals surface area contributed by atoms with E-state index in [9.17, 15) is 9.18 Å². The first-order valence-electron chi connectivity index (χ1n) is 10.8. The summed E-state index contributed by atoms with van der Waals surface area (Å²) in [7, 11) is 0. The van der Waals surface area contributed by atoms with Crippen molar-refractivity contribution in [2.45, 2.75) is 32.9 Å². The van der Waals surface area contributed by atoms with E-state index in [1.165, 1.54) is 23.3 Å². The number of aromatic amines is 1. The number of halogens is 1. The third-order valence-electron chi connectivity index (χ3n) is 6.16. The standard InChI is InChI=1S/C27H24FN3O/c1-3-18-6-12-21(13-7-18)26-23-24(20-10-4-17(2)5-11-20)29-30-25(23)27(32)31(26)16-19-8-14-22(28)15-9-19/h4-15,26H,3,16H2,1-2H3,(H,29,30). The van der Waals surface area contributed by atoms with Gasteiger partial charge in [0, 0.05) is 17.7 Å². The van der Waals surface area contributed by atoms with Gasteiger partial charge in [-0.3, -0.25) is 9.89 Å². The maximum atomic E-state index is 13.5. The molecule has 0 spiro atoms. The fourth-order valence-electron chi connectivity index (χ4n) is 4.36. The van der Waals surface area contributed by atoms with Crippen LogP contribution in [0.2, 0.25) is 0 Å². The van der Waals surface area contributed by atoms with Crippen molar-refractivity contribution in [3.63, 3.8) is 0 Å². The molecule has 0 saturated carbocycles. The fourth-order valence-corrected chi connectivity index (χ4v) is 4.36. The Balaban J connectivity index is 1.62. The second-order valence-electron chi connectivity index (χ2n) is 8.28. The summed E-state index contributed by atoms with van der Waals surface area (Å²) in [6.45, 7) is 4.55. The molecule has 1 unspecified atom stereocenters. The number of carbonyl (C=O) groups is 1. The van der Waals surface area contributed by atoms with Gasteiger partial charge in [0.2, 0.25) is 0 Å². The van der Waals surface area contributed by atoms with Gasteiger partial charge < -0.3 is 4.90 Å². The molecule has 5 heteroatoms. The molecule has 4 nitrogen and oxygen atoms in total. The summed E-state index contributed by atoms with van der Waals surface area (Å²) in [5, 5.41) is 7.52. The van der Waals surface area contributed by atoms with Gasteiger partial charge in [0.25, 0.3) is 5.91 Å². The lowest BCUT2D eigenvalue weighted by Crippen LogP contribution is -2.29. The molecule has 160 valence electrons. The topological polar surface area (TPSA) is 49.0 Å². The Hall–Kier alpha value is -3.73. The van der Waals surface area contributed by atoms with Crippen LogP contribution >= 0.6 is 0 Å². The van der Waals surface area contributed by atoms with Crippen molar-refractivity contribution in [3.05, 3.63) is 112 Å². The molecule has 1 amide bonds. The number of fused-ring (bicyclic) bond motifs is 1. The van der Waals surface area contributed by atoms with E-state index in [2.05, 4.69) is 53.5 Å². The second kappa shape index (κ2) is 8.08. The number of H-pyrrole nitrogens is 1.